The standard InChI is InChI=1S/C21H26F2N4O3/c1-2-16-12-20(25-21(24-16)26-5-7-29-8-6-26)27-4-3-19(18(28)13-27)30-17-10-14(22)9-15(23)11-17/h9-12,18-19,28H,2-8,13H2,1H3/t18-,19-/m1/s1. The summed E-state index contributed by atoms with van der Waals surface area (Å²) in [6, 6.07) is 4.97. The van der Waals surface area contributed by atoms with E-state index in [0.29, 0.717) is 38.7 Å². The van der Waals surface area contributed by atoms with Crippen molar-refractivity contribution in [2.75, 3.05) is 49.2 Å². The third-order valence-corrected chi connectivity index (χ3v) is 5.38. The lowest BCUT2D eigenvalue weighted by Crippen LogP contribution is -2.49. The molecule has 1 aromatic carbocycles. The maximum Gasteiger partial charge on any atom is 0.227 e. The summed E-state index contributed by atoms with van der Waals surface area (Å²) in [5.41, 5.74) is 0.935. The van der Waals surface area contributed by atoms with Gasteiger partial charge in [0.2, 0.25) is 5.95 Å². The number of hydrogen-bond acceptors (Lipinski definition) is 7. The van der Waals surface area contributed by atoms with Crippen molar-refractivity contribution in [2.24, 2.45) is 0 Å². The van der Waals surface area contributed by atoms with E-state index in [-0.39, 0.29) is 5.75 Å². The van der Waals surface area contributed by atoms with Crippen LogP contribution in [-0.4, -0.2) is 66.7 Å². The molecule has 0 unspecified atom stereocenters. The van der Waals surface area contributed by atoms with Crippen LogP contribution < -0.4 is 14.5 Å². The van der Waals surface area contributed by atoms with E-state index in [1.165, 1.54) is 0 Å². The van der Waals surface area contributed by atoms with E-state index < -0.39 is 23.8 Å². The van der Waals surface area contributed by atoms with Crippen LogP contribution in [0, 0.1) is 11.6 Å². The summed E-state index contributed by atoms with van der Waals surface area (Å²) in [6.45, 7) is 5.74. The summed E-state index contributed by atoms with van der Waals surface area (Å²) >= 11 is 0. The molecule has 2 aromatic rings. The number of aliphatic hydroxyl groups excluding tert-OH is 1. The van der Waals surface area contributed by atoms with E-state index in [0.717, 1.165) is 49.2 Å². The van der Waals surface area contributed by atoms with Crippen molar-refractivity contribution in [2.45, 2.75) is 32.0 Å². The van der Waals surface area contributed by atoms with Gasteiger partial charge in [-0.2, -0.15) is 4.98 Å². The van der Waals surface area contributed by atoms with Gasteiger partial charge in [0, 0.05) is 62.6 Å². The Hall–Kier alpha value is -2.52. The van der Waals surface area contributed by atoms with E-state index in [2.05, 4.69) is 9.88 Å². The third kappa shape index (κ3) is 4.79. The minimum absolute atomic E-state index is 0.0786. The summed E-state index contributed by atoms with van der Waals surface area (Å²) in [6.07, 6.45) is -0.0942. The van der Waals surface area contributed by atoms with Gasteiger partial charge in [-0.15, -0.1) is 0 Å². The van der Waals surface area contributed by atoms with E-state index >= 15 is 0 Å². The molecule has 0 bridgehead atoms. The van der Waals surface area contributed by atoms with Gasteiger partial charge in [0.05, 0.1) is 13.2 Å². The summed E-state index contributed by atoms with van der Waals surface area (Å²) in [5.74, 6) is 0.101. The lowest BCUT2D eigenvalue weighted by atomic mass is 10.0. The van der Waals surface area contributed by atoms with Gasteiger partial charge in [0.25, 0.3) is 0 Å². The van der Waals surface area contributed by atoms with Gasteiger partial charge in [-0.3, -0.25) is 0 Å². The van der Waals surface area contributed by atoms with E-state index in [4.69, 9.17) is 14.5 Å². The number of aliphatic hydroxyl groups is 1. The fourth-order valence-corrected chi connectivity index (χ4v) is 3.74. The molecule has 1 N–H and O–H groups in total. The zero-order valence-electron chi connectivity index (χ0n) is 16.9. The van der Waals surface area contributed by atoms with Gasteiger partial charge in [0.1, 0.15) is 35.4 Å². The molecule has 0 amide bonds. The Balaban J connectivity index is 1.47. The van der Waals surface area contributed by atoms with Gasteiger partial charge in [-0.05, 0) is 6.42 Å². The number of piperidine rings is 1. The number of benzene rings is 1. The molecule has 0 radical (unpaired) electrons. The van der Waals surface area contributed by atoms with Crippen LogP contribution in [-0.2, 0) is 11.2 Å². The summed E-state index contributed by atoms with van der Waals surface area (Å²) in [4.78, 5) is 13.5. The van der Waals surface area contributed by atoms with Crippen LogP contribution in [0.15, 0.2) is 24.3 Å². The highest BCUT2D eigenvalue weighted by Gasteiger charge is 2.31. The first-order chi connectivity index (χ1) is 14.5. The van der Waals surface area contributed by atoms with Gasteiger partial charge in [-0.25, -0.2) is 13.8 Å². The first-order valence-corrected chi connectivity index (χ1v) is 10.3. The molecule has 2 saturated heterocycles. The SMILES string of the molecule is CCc1cc(N2CC[C@@H](Oc3cc(F)cc(F)c3)[C@H](O)C2)nc(N2CCOCC2)n1. The van der Waals surface area contributed by atoms with Crippen molar-refractivity contribution in [1.82, 2.24) is 9.97 Å². The fraction of sp³-hybridized carbons (Fsp3) is 0.524. The van der Waals surface area contributed by atoms with Crippen LogP contribution >= 0.6 is 0 Å². The highest BCUT2D eigenvalue weighted by molar-refractivity contribution is 5.47. The summed E-state index contributed by atoms with van der Waals surface area (Å²) < 4.78 is 37.9. The molecular weight excluding hydrogens is 394 g/mol. The maximum atomic E-state index is 13.4. The Kier molecular flexibility index (Phi) is 6.29. The second-order valence-electron chi connectivity index (χ2n) is 7.53. The quantitative estimate of drug-likeness (QED) is 0.795. The lowest BCUT2D eigenvalue weighted by molar-refractivity contribution is 0.0237. The van der Waals surface area contributed by atoms with Gasteiger partial charge in [0.15, 0.2) is 0 Å². The Labute approximate surface area is 174 Å². The molecule has 30 heavy (non-hydrogen) atoms. The smallest absolute Gasteiger partial charge is 0.227 e. The molecule has 7 nitrogen and oxygen atoms in total. The highest BCUT2D eigenvalue weighted by atomic mass is 19.1. The van der Waals surface area contributed by atoms with Crippen molar-refractivity contribution >= 4 is 11.8 Å². The van der Waals surface area contributed by atoms with E-state index in [1.54, 1.807) is 0 Å². The minimum atomic E-state index is -0.822. The van der Waals surface area contributed by atoms with E-state index in [9.17, 15) is 13.9 Å². The lowest BCUT2D eigenvalue weighted by Gasteiger charge is -2.37. The topological polar surface area (TPSA) is 71.0 Å². The molecule has 3 heterocycles. The molecular formula is C21H26F2N4O3. The van der Waals surface area contributed by atoms with Crippen molar-refractivity contribution < 1.29 is 23.4 Å². The number of aromatic nitrogens is 2. The number of nitrogens with zero attached hydrogens (tertiary/aromatic N) is 4. The first kappa shape index (κ1) is 20.7. The van der Waals surface area contributed by atoms with Crippen molar-refractivity contribution in [3.05, 3.63) is 41.6 Å². The Morgan fingerprint density at radius 1 is 1.07 bits per heavy atom. The molecule has 2 atom stereocenters. The Morgan fingerprint density at radius 2 is 1.80 bits per heavy atom. The number of anilines is 2. The largest absolute Gasteiger partial charge is 0.487 e. The van der Waals surface area contributed by atoms with Crippen LogP contribution in [0.4, 0.5) is 20.5 Å². The number of aryl methyl sites for hydroxylation is 1. The maximum absolute atomic E-state index is 13.4. The second kappa shape index (κ2) is 9.09. The fourth-order valence-electron chi connectivity index (χ4n) is 3.74. The monoisotopic (exact) mass is 420 g/mol. The third-order valence-electron chi connectivity index (χ3n) is 5.38. The summed E-state index contributed by atoms with van der Waals surface area (Å²) in [5, 5.41) is 10.6. The van der Waals surface area contributed by atoms with Gasteiger partial charge < -0.3 is 24.4 Å². The number of ether oxygens (including phenoxy) is 2. The van der Waals surface area contributed by atoms with Crippen LogP contribution in [0.25, 0.3) is 0 Å². The Morgan fingerprint density at radius 3 is 2.47 bits per heavy atom. The first-order valence-electron chi connectivity index (χ1n) is 10.3. The van der Waals surface area contributed by atoms with Crippen LogP contribution in [0.2, 0.25) is 0 Å². The van der Waals surface area contributed by atoms with Crippen molar-refractivity contribution in [1.29, 1.82) is 0 Å². The zero-order valence-corrected chi connectivity index (χ0v) is 16.9. The molecule has 9 heteroatoms. The Bertz CT molecular complexity index is 859. The molecule has 0 spiro atoms. The van der Waals surface area contributed by atoms with E-state index in [1.807, 2.05) is 17.9 Å². The van der Waals surface area contributed by atoms with Gasteiger partial charge >= 0.3 is 0 Å². The molecule has 162 valence electrons. The van der Waals surface area contributed by atoms with Crippen molar-refractivity contribution in [3.8, 4) is 5.75 Å². The number of hydrogen-bond donors (Lipinski definition) is 1. The predicted molar refractivity (Wildman–Crippen MR) is 108 cm³/mol. The molecule has 2 aliphatic rings. The molecule has 0 saturated carbocycles. The zero-order chi connectivity index (χ0) is 21.1. The van der Waals surface area contributed by atoms with Gasteiger partial charge in [-0.1, -0.05) is 6.92 Å². The number of halogens is 2. The molecule has 2 aliphatic heterocycles. The molecule has 0 aliphatic carbocycles. The van der Waals surface area contributed by atoms with Crippen LogP contribution in [0.1, 0.15) is 19.0 Å². The van der Waals surface area contributed by atoms with Crippen LogP contribution in [0.5, 0.6) is 5.75 Å². The average molecular weight is 420 g/mol. The van der Waals surface area contributed by atoms with Crippen LogP contribution in [0.3, 0.4) is 0 Å². The van der Waals surface area contributed by atoms with Crippen molar-refractivity contribution in [3.63, 3.8) is 0 Å². The average Bonchev–Trinajstić information content (AvgIpc) is 2.74. The number of rotatable bonds is 5. The molecule has 4 rings (SSSR count). The number of β-amino-alcohol motifs (C(OH)–C–C–N with tert-alkyl or cyclic N) is 1. The highest BCUT2D eigenvalue weighted by Crippen LogP contribution is 2.26. The molecule has 1 aromatic heterocycles. The predicted octanol–water partition coefficient (Wildman–Crippen LogP) is 2.17. The molecule has 2 fully saturated rings. The minimum Gasteiger partial charge on any atom is -0.487 e. The number of morpholine rings is 1. The second-order valence-corrected chi connectivity index (χ2v) is 7.53. The summed E-state index contributed by atoms with van der Waals surface area (Å²) in [7, 11) is 0. The normalized spacial score (nSPS) is 22.3.